The van der Waals surface area contributed by atoms with E-state index in [9.17, 15) is 14.7 Å². The Bertz CT molecular complexity index is 744. The first-order valence-electron chi connectivity index (χ1n) is 9.36. The van der Waals surface area contributed by atoms with Crippen molar-refractivity contribution in [3.8, 4) is 0 Å². The SMILES string of the molecule is O=C(O)NC(Cc1ccccc1)C1CCC(C(=O)Nc2ccncc2)CC1. The highest BCUT2D eigenvalue weighted by Gasteiger charge is 2.31. The van der Waals surface area contributed by atoms with Crippen LogP contribution in [-0.4, -0.2) is 28.1 Å². The molecule has 1 unspecified atom stereocenters. The molecule has 1 aliphatic carbocycles. The second-order valence-corrected chi connectivity index (χ2v) is 7.08. The lowest BCUT2D eigenvalue weighted by Gasteiger charge is -2.33. The molecule has 3 N–H and O–H groups in total. The minimum Gasteiger partial charge on any atom is -0.465 e. The predicted molar refractivity (Wildman–Crippen MR) is 103 cm³/mol. The van der Waals surface area contributed by atoms with E-state index in [0.717, 1.165) is 36.9 Å². The summed E-state index contributed by atoms with van der Waals surface area (Å²) in [4.78, 5) is 27.7. The molecule has 1 heterocycles. The minimum atomic E-state index is -0.992. The lowest BCUT2D eigenvalue weighted by Crippen LogP contribution is -2.43. The summed E-state index contributed by atoms with van der Waals surface area (Å²) in [6.45, 7) is 0. The Morgan fingerprint density at radius 3 is 2.33 bits per heavy atom. The van der Waals surface area contributed by atoms with Crippen LogP contribution in [0.4, 0.5) is 10.5 Å². The fourth-order valence-corrected chi connectivity index (χ4v) is 3.83. The van der Waals surface area contributed by atoms with E-state index in [-0.39, 0.29) is 23.8 Å². The normalized spacial score (nSPS) is 20.4. The molecule has 0 saturated heterocycles. The van der Waals surface area contributed by atoms with Gasteiger partial charge in [-0.25, -0.2) is 4.79 Å². The highest BCUT2D eigenvalue weighted by atomic mass is 16.4. The number of rotatable bonds is 6. The van der Waals surface area contributed by atoms with Gasteiger partial charge in [-0.05, 0) is 55.7 Å². The van der Waals surface area contributed by atoms with E-state index >= 15 is 0 Å². The summed E-state index contributed by atoms with van der Waals surface area (Å²) in [6.07, 6.45) is 6.21. The Labute approximate surface area is 159 Å². The number of pyridine rings is 1. The number of benzene rings is 1. The van der Waals surface area contributed by atoms with Gasteiger partial charge in [-0.2, -0.15) is 0 Å². The second-order valence-electron chi connectivity index (χ2n) is 7.08. The number of hydrogen-bond donors (Lipinski definition) is 3. The van der Waals surface area contributed by atoms with Crippen LogP contribution in [0.5, 0.6) is 0 Å². The van der Waals surface area contributed by atoms with Crippen molar-refractivity contribution in [3.05, 3.63) is 60.4 Å². The molecular formula is C21H25N3O3. The first-order valence-corrected chi connectivity index (χ1v) is 9.36. The summed E-state index contributed by atoms with van der Waals surface area (Å²) in [5.74, 6) is 0.244. The van der Waals surface area contributed by atoms with Gasteiger partial charge in [0.1, 0.15) is 0 Å². The van der Waals surface area contributed by atoms with E-state index in [0.29, 0.717) is 6.42 Å². The monoisotopic (exact) mass is 367 g/mol. The summed E-state index contributed by atoms with van der Waals surface area (Å²) in [6, 6.07) is 13.3. The van der Waals surface area contributed by atoms with Crippen molar-refractivity contribution in [2.75, 3.05) is 5.32 Å². The van der Waals surface area contributed by atoms with Gasteiger partial charge < -0.3 is 15.7 Å². The number of nitrogens with one attached hydrogen (secondary N) is 2. The highest BCUT2D eigenvalue weighted by molar-refractivity contribution is 5.92. The molecular weight excluding hydrogens is 342 g/mol. The third-order valence-corrected chi connectivity index (χ3v) is 5.27. The van der Waals surface area contributed by atoms with Crippen LogP contribution < -0.4 is 10.6 Å². The fraction of sp³-hybridized carbons (Fsp3) is 0.381. The van der Waals surface area contributed by atoms with Gasteiger partial charge >= 0.3 is 6.09 Å². The van der Waals surface area contributed by atoms with E-state index in [2.05, 4.69) is 15.6 Å². The Morgan fingerprint density at radius 2 is 1.70 bits per heavy atom. The van der Waals surface area contributed by atoms with Gasteiger partial charge in [0.25, 0.3) is 0 Å². The maximum atomic E-state index is 12.5. The maximum Gasteiger partial charge on any atom is 0.404 e. The molecule has 1 fully saturated rings. The third-order valence-electron chi connectivity index (χ3n) is 5.27. The molecule has 2 amide bonds. The molecule has 0 spiro atoms. The summed E-state index contributed by atoms with van der Waals surface area (Å²) >= 11 is 0. The van der Waals surface area contributed by atoms with Crippen molar-refractivity contribution in [3.63, 3.8) is 0 Å². The van der Waals surface area contributed by atoms with Crippen LogP contribution in [-0.2, 0) is 11.2 Å². The molecule has 3 rings (SSSR count). The number of aromatic nitrogens is 1. The summed E-state index contributed by atoms with van der Waals surface area (Å²) in [5, 5.41) is 14.8. The van der Waals surface area contributed by atoms with Crippen LogP contribution >= 0.6 is 0 Å². The fourth-order valence-electron chi connectivity index (χ4n) is 3.83. The van der Waals surface area contributed by atoms with Crippen LogP contribution in [0.1, 0.15) is 31.2 Å². The van der Waals surface area contributed by atoms with Gasteiger partial charge in [0, 0.05) is 30.0 Å². The van der Waals surface area contributed by atoms with Crippen LogP contribution in [0, 0.1) is 11.8 Å². The average Bonchev–Trinajstić information content (AvgIpc) is 2.69. The number of amides is 2. The molecule has 1 aromatic heterocycles. The topological polar surface area (TPSA) is 91.3 Å². The third kappa shape index (κ3) is 5.54. The standard InChI is InChI=1S/C21H25N3O3/c25-20(23-18-10-12-22-13-11-18)17-8-6-16(7-9-17)19(24-21(26)27)14-15-4-2-1-3-5-15/h1-5,10-13,16-17,19,24H,6-9,14H2,(H,26,27)(H,22,23,25). The van der Waals surface area contributed by atoms with Crippen LogP contribution in [0.2, 0.25) is 0 Å². The lowest BCUT2D eigenvalue weighted by molar-refractivity contribution is -0.121. The minimum absolute atomic E-state index is 0.0309. The molecule has 1 aliphatic rings. The number of carbonyl (C=O) groups is 2. The summed E-state index contributed by atoms with van der Waals surface area (Å²) in [5.41, 5.74) is 1.88. The van der Waals surface area contributed by atoms with Gasteiger partial charge in [-0.15, -0.1) is 0 Å². The van der Waals surface area contributed by atoms with Crippen molar-refractivity contribution >= 4 is 17.7 Å². The van der Waals surface area contributed by atoms with Gasteiger partial charge in [-0.3, -0.25) is 9.78 Å². The van der Waals surface area contributed by atoms with E-state index in [1.165, 1.54) is 0 Å². The van der Waals surface area contributed by atoms with E-state index in [1.807, 2.05) is 30.3 Å². The van der Waals surface area contributed by atoms with Gasteiger partial charge in [0.15, 0.2) is 0 Å². The Hall–Kier alpha value is -2.89. The van der Waals surface area contributed by atoms with Crippen LogP contribution in [0.15, 0.2) is 54.9 Å². The van der Waals surface area contributed by atoms with E-state index < -0.39 is 6.09 Å². The second kappa shape index (κ2) is 9.16. The lowest BCUT2D eigenvalue weighted by atomic mass is 9.76. The van der Waals surface area contributed by atoms with Crippen molar-refractivity contribution in [2.24, 2.45) is 11.8 Å². The zero-order valence-corrected chi connectivity index (χ0v) is 15.2. The number of nitrogens with zero attached hydrogens (tertiary/aromatic N) is 1. The molecule has 142 valence electrons. The average molecular weight is 367 g/mol. The van der Waals surface area contributed by atoms with E-state index in [1.54, 1.807) is 24.5 Å². The first kappa shape index (κ1) is 18.9. The molecule has 27 heavy (non-hydrogen) atoms. The van der Waals surface area contributed by atoms with Crippen LogP contribution in [0.3, 0.4) is 0 Å². The Morgan fingerprint density at radius 1 is 1.04 bits per heavy atom. The van der Waals surface area contributed by atoms with Gasteiger partial charge in [0.2, 0.25) is 5.91 Å². The number of anilines is 1. The van der Waals surface area contributed by atoms with Crippen molar-refractivity contribution in [1.29, 1.82) is 0 Å². The van der Waals surface area contributed by atoms with E-state index in [4.69, 9.17) is 0 Å². The molecule has 0 aliphatic heterocycles. The molecule has 1 aromatic carbocycles. The first-order chi connectivity index (χ1) is 13.1. The number of hydrogen-bond acceptors (Lipinski definition) is 3. The van der Waals surface area contributed by atoms with Gasteiger partial charge in [0.05, 0.1) is 0 Å². The highest BCUT2D eigenvalue weighted by Crippen LogP contribution is 2.32. The summed E-state index contributed by atoms with van der Waals surface area (Å²) < 4.78 is 0. The smallest absolute Gasteiger partial charge is 0.404 e. The quantitative estimate of drug-likeness (QED) is 0.726. The largest absolute Gasteiger partial charge is 0.465 e. The zero-order valence-electron chi connectivity index (χ0n) is 15.2. The number of carbonyl (C=O) groups excluding carboxylic acids is 1. The molecule has 0 bridgehead atoms. The zero-order chi connectivity index (χ0) is 19.1. The number of carboxylic acid groups (broad SMARTS) is 1. The molecule has 0 radical (unpaired) electrons. The van der Waals surface area contributed by atoms with Crippen molar-refractivity contribution < 1.29 is 14.7 Å². The Kier molecular flexibility index (Phi) is 6.41. The molecule has 6 nitrogen and oxygen atoms in total. The Balaban J connectivity index is 1.56. The summed E-state index contributed by atoms with van der Waals surface area (Å²) in [7, 11) is 0. The molecule has 1 atom stereocenters. The predicted octanol–water partition coefficient (Wildman–Crippen LogP) is 3.71. The molecule has 1 saturated carbocycles. The van der Waals surface area contributed by atoms with Gasteiger partial charge in [-0.1, -0.05) is 30.3 Å². The van der Waals surface area contributed by atoms with Crippen molar-refractivity contribution in [2.45, 2.75) is 38.1 Å². The maximum absolute atomic E-state index is 12.5. The van der Waals surface area contributed by atoms with Crippen molar-refractivity contribution in [1.82, 2.24) is 10.3 Å². The molecule has 2 aromatic rings. The van der Waals surface area contributed by atoms with Crippen LogP contribution in [0.25, 0.3) is 0 Å². The molecule has 6 heteroatoms.